The van der Waals surface area contributed by atoms with Crippen LogP contribution in [0.4, 0.5) is 18.9 Å². The van der Waals surface area contributed by atoms with E-state index in [2.05, 4.69) is 5.32 Å². The van der Waals surface area contributed by atoms with E-state index in [9.17, 15) is 31.2 Å². The lowest BCUT2D eigenvalue weighted by Crippen LogP contribution is -2.32. The van der Waals surface area contributed by atoms with Gasteiger partial charge in [0, 0.05) is 25.0 Å². The third-order valence-electron chi connectivity index (χ3n) is 4.46. The van der Waals surface area contributed by atoms with Crippen molar-refractivity contribution in [1.82, 2.24) is 8.87 Å². The monoisotopic (exact) mass is 429 g/mol. The van der Waals surface area contributed by atoms with Crippen molar-refractivity contribution in [2.45, 2.75) is 30.5 Å². The van der Waals surface area contributed by atoms with Crippen molar-refractivity contribution in [3.8, 4) is 0 Å². The molecule has 0 unspecified atom stereocenters. The third-order valence-corrected chi connectivity index (χ3v) is 6.35. The maximum absolute atomic E-state index is 12.8. The lowest BCUT2D eigenvalue weighted by molar-refractivity contribution is -0.139. The lowest BCUT2D eigenvalue weighted by Gasteiger charge is -2.16. The number of rotatable bonds is 5. The number of alkyl halides is 3. The van der Waals surface area contributed by atoms with E-state index in [0.717, 1.165) is 25.1 Å². The molecule has 2 heterocycles. The molecular formula is C18H18F3N3O4S. The van der Waals surface area contributed by atoms with Gasteiger partial charge in [-0.2, -0.15) is 17.5 Å². The highest BCUT2D eigenvalue weighted by atomic mass is 32.2. The second-order valence-electron chi connectivity index (χ2n) is 6.54. The van der Waals surface area contributed by atoms with Crippen LogP contribution in [0.2, 0.25) is 0 Å². The summed E-state index contributed by atoms with van der Waals surface area (Å²) in [5.74, 6) is -0.762. The molecule has 3 rings (SSSR count). The van der Waals surface area contributed by atoms with Crippen molar-refractivity contribution in [3.05, 3.63) is 58.5 Å². The molecule has 1 aliphatic rings. The van der Waals surface area contributed by atoms with Gasteiger partial charge in [0.05, 0.1) is 4.90 Å². The van der Waals surface area contributed by atoms with Crippen LogP contribution in [-0.4, -0.2) is 36.3 Å². The molecule has 0 bridgehead atoms. The van der Waals surface area contributed by atoms with Crippen LogP contribution < -0.4 is 10.9 Å². The fourth-order valence-corrected chi connectivity index (χ4v) is 4.61. The summed E-state index contributed by atoms with van der Waals surface area (Å²) >= 11 is 0. The van der Waals surface area contributed by atoms with Crippen molar-refractivity contribution >= 4 is 21.6 Å². The summed E-state index contributed by atoms with van der Waals surface area (Å²) in [5.41, 5.74) is -2.54. The molecule has 1 saturated heterocycles. The molecule has 1 aromatic heterocycles. The first-order chi connectivity index (χ1) is 13.6. The molecule has 0 aliphatic carbocycles. The van der Waals surface area contributed by atoms with Crippen LogP contribution in [0.1, 0.15) is 18.4 Å². The van der Waals surface area contributed by atoms with Gasteiger partial charge in [-0.1, -0.05) is 6.07 Å². The average molecular weight is 429 g/mol. The zero-order chi connectivity index (χ0) is 21.2. The van der Waals surface area contributed by atoms with Crippen molar-refractivity contribution in [1.29, 1.82) is 0 Å². The van der Waals surface area contributed by atoms with Crippen LogP contribution in [0.15, 0.2) is 52.3 Å². The number of carbonyl (C=O) groups is 1. The first kappa shape index (κ1) is 21.1. The Bertz CT molecular complexity index is 1070. The molecule has 0 atom stereocenters. The average Bonchev–Trinajstić information content (AvgIpc) is 3.18. The summed E-state index contributed by atoms with van der Waals surface area (Å²) in [6.07, 6.45) is -2.19. The second kappa shape index (κ2) is 7.99. The molecule has 156 valence electrons. The van der Waals surface area contributed by atoms with Crippen molar-refractivity contribution in [2.24, 2.45) is 0 Å². The van der Waals surface area contributed by atoms with Gasteiger partial charge in [0.15, 0.2) is 0 Å². The fraction of sp³-hybridized carbons (Fsp3) is 0.333. The predicted molar refractivity (Wildman–Crippen MR) is 98.8 cm³/mol. The summed E-state index contributed by atoms with van der Waals surface area (Å²) in [6, 6.07) is 7.26. The van der Waals surface area contributed by atoms with E-state index in [-0.39, 0.29) is 10.6 Å². The van der Waals surface area contributed by atoms with Crippen LogP contribution in [-0.2, 0) is 27.5 Å². The van der Waals surface area contributed by atoms with E-state index >= 15 is 0 Å². The third kappa shape index (κ3) is 4.67. The van der Waals surface area contributed by atoms with Gasteiger partial charge in [-0.25, -0.2) is 8.42 Å². The highest BCUT2D eigenvalue weighted by Crippen LogP contribution is 2.26. The van der Waals surface area contributed by atoms with E-state index < -0.39 is 39.8 Å². The van der Waals surface area contributed by atoms with Crippen molar-refractivity contribution < 1.29 is 26.4 Å². The maximum atomic E-state index is 12.8. The normalized spacial score (nSPS) is 15.4. The Morgan fingerprint density at radius 1 is 1.10 bits per heavy atom. The standard InChI is InChI=1S/C18H18F3N3O4S/c19-18(20,21)15-7-4-8-23(17(15)26)12-16(25)22-13-5-3-6-14(11-13)29(27,28)24-9-1-2-10-24/h3-8,11H,1-2,9-10,12H2,(H,22,25). The molecular weight excluding hydrogens is 411 g/mol. The Hall–Kier alpha value is -2.66. The number of sulfonamides is 1. The van der Waals surface area contributed by atoms with Crippen molar-refractivity contribution in [3.63, 3.8) is 0 Å². The number of benzene rings is 1. The minimum atomic E-state index is -4.82. The predicted octanol–water partition coefficient (Wildman–Crippen LogP) is 2.29. The van der Waals surface area contributed by atoms with Crippen LogP contribution in [0, 0.1) is 0 Å². The van der Waals surface area contributed by atoms with Gasteiger partial charge < -0.3 is 9.88 Å². The minimum Gasteiger partial charge on any atom is -0.324 e. The van der Waals surface area contributed by atoms with E-state index in [0.29, 0.717) is 23.7 Å². The number of carbonyl (C=O) groups excluding carboxylic acids is 1. The highest BCUT2D eigenvalue weighted by Gasteiger charge is 2.34. The van der Waals surface area contributed by atoms with Gasteiger partial charge in [-0.3, -0.25) is 9.59 Å². The summed E-state index contributed by atoms with van der Waals surface area (Å²) in [5, 5.41) is 2.42. The minimum absolute atomic E-state index is 0.00781. The number of anilines is 1. The molecule has 0 spiro atoms. The Morgan fingerprint density at radius 2 is 1.79 bits per heavy atom. The Kier molecular flexibility index (Phi) is 5.80. The maximum Gasteiger partial charge on any atom is 0.421 e. The van der Waals surface area contributed by atoms with Gasteiger partial charge >= 0.3 is 6.18 Å². The first-order valence-electron chi connectivity index (χ1n) is 8.76. The Balaban J connectivity index is 1.76. The zero-order valence-corrected chi connectivity index (χ0v) is 16.0. The molecule has 1 fully saturated rings. The second-order valence-corrected chi connectivity index (χ2v) is 8.48. The number of hydrogen-bond donors (Lipinski definition) is 1. The molecule has 2 aromatic rings. The largest absolute Gasteiger partial charge is 0.421 e. The van der Waals surface area contributed by atoms with E-state index in [1.165, 1.54) is 28.6 Å². The van der Waals surface area contributed by atoms with Gasteiger partial charge in [-0.15, -0.1) is 0 Å². The number of aromatic nitrogens is 1. The highest BCUT2D eigenvalue weighted by molar-refractivity contribution is 7.89. The van der Waals surface area contributed by atoms with Gasteiger partial charge in [0.2, 0.25) is 15.9 Å². The summed E-state index contributed by atoms with van der Waals surface area (Å²) < 4.78 is 65.7. The van der Waals surface area contributed by atoms with Crippen molar-refractivity contribution in [2.75, 3.05) is 18.4 Å². The lowest BCUT2D eigenvalue weighted by atomic mass is 10.2. The SMILES string of the molecule is O=C(Cn1cccc(C(F)(F)F)c1=O)Nc1cccc(S(=O)(=O)N2CCCC2)c1. The van der Waals surface area contributed by atoms with E-state index in [1.54, 1.807) is 0 Å². The number of nitrogens with zero attached hydrogens (tertiary/aromatic N) is 2. The molecule has 1 N–H and O–H groups in total. The topological polar surface area (TPSA) is 88.5 Å². The summed E-state index contributed by atoms with van der Waals surface area (Å²) in [6.45, 7) is 0.209. The molecule has 1 aliphatic heterocycles. The zero-order valence-electron chi connectivity index (χ0n) is 15.1. The molecule has 1 amide bonds. The fourth-order valence-electron chi connectivity index (χ4n) is 3.04. The number of pyridine rings is 1. The summed E-state index contributed by atoms with van der Waals surface area (Å²) in [7, 11) is -3.68. The number of hydrogen-bond acceptors (Lipinski definition) is 4. The smallest absolute Gasteiger partial charge is 0.324 e. The van der Waals surface area contributed by atoms with Crippen LogP contribution in [0.3, 0.4) is 0 Å². The van der Waals surface area contributed by atoms with Crippen LogP contribution >= 0.6 is 0 Å². The molecule has 1 aromatic carbocycles. The molecule has 29 heavy (non-hydrogen) atoms. The molecule has 0 radical (unpaired) electrons. The van der Waals surface area contributed by atoms with E-state index in [4.69, 9.17) is 0 Å². The van der Waals surface area contributed by atoms with Gasteiger partial charge in [0.1, 0.15) is 12.1 Å². The van der Waals surface area contributed by atoms with E-state index in [1.807, 2.05) is 0 Å². The quantitative estimate of drug-likeness (QED) is 0.790. The van der Waals surface area contributed by atoms with Gasteiger partial charge in [-0.05, 0) is 43.2 Å². The Labute approximate surface area is 164 Å². The van der Waals surface area contributed by atoms with Crippen LogP contribution in [0.25, 0.3) is 0 Å². The number of halogens is 3. The Morgan fingerprint density at radius 3 is 2.45 bits per heavy atom. The molecule has 7 nitrogen and oxygen atoms in total. The van der Waals surface area contributed by atoms with Crippen LogP contribution in [0.5, 0.6) is 0 Å². The summed E-state index contributed by atoms with van der Waals surface area (Å²) in [4.78, 5) is 24.1. The molecule has 0 saturated carbocycles. The number of amides is 1. The first-order valence-corrected chi connectivity index (χ1v) is 10.2. The number of nitrogens with one attached hydrogen (secondary N) is 1. The molecule has 11 heteroatoms. The van der Waals surface area contributed by atoms with Gasteiger partial charge in [0.25, 0.3) is 5.56 Å².